The largest absolute Gasteiger partial charge is 0.390 e. The predicted molar refractivity (Wildman–Crippen MR) is 53.6 cm³/mol. The molecule has 1 amide bonds. The van der Waals surface area contributed by atoms with E-state index in [1.165, 1.54) is 12.1 Å². The average molecular weight is 249 g/mol. The number of carbonyl (C=O) groups excluding carboxylic acids is 1. The summed E-state index contributed by atoms with van der Waals surface area (Å²) in [7, 11) is 0. The molecule has 1 rings (SSSR count). The second kappa shape index (κ2) is 4.35. The zero-order chi connectivity index (χ0) is 13.3. The summed E-state index contributed by atoms with van der Waals surface area (Å²) in [6.07, 6.45) is -5.98. The van der Waals surface area contributed by atoms with Crippen LogP contribution in [0.2, 0.25) is 0 Å². The predicted octanol–water partition coefficient (Wildman–Crippen LogP) is 2.52. The Hall–Kier alpha value is -1.59. The maximum atomic E-state index is 13.0. The summed E-state index contributed by atoms with van der Waals surface area (Å²) in [6.45, 7) is 1.05. The van der Waals surface area contributed by atoms with E-state index in [2.05, 4.69) is 0 Å². The topological polar surface area (TPSA) is 43.1 Å². The fourth-order valence-electron chi connectivity index (χ4n) is 1.56. The summed E-state index contributed by atoms with van der Waals surface area (Å²) in [5, 5.41) is 0. The molecule has 17 heavy (non-hydrogen) atoms. The molecule has 0 fully saturated rings. The molecule has 0 aromatic heterocycles. The molecule has 1 aromatic carbocycles. The molecule has 1 aromatic rings. The molecule has 2 nitrogen and oxygen atoms in total. The highest BCUT2D eigenvalue weighted by molar-refractivity contribution is 5.86. The van der Waals surface area contributed by atoms with E-state index in [4.69, 9.17) is 5.73 Å². The van der Waals surface area contributed by atoms with Gasteiger partial charge in [-0.2, -0.15) is 13.2 Å². The van der Waals surface area contributed by atoms with Crippen LogP contribution in [0.25, 0.3) is 0 Å². The van der Waals surface area contributed by atoms with Crippen molar-refractivity contribution >= 4 is 5.91 Å². The van der Waals surface area contributed by atoms with Crippen molar-refractivity contribution in [3.8, 4) is 0 Å². The van der Waals surface area contributed by atoms with E-state index in [1.807, 2.05) is 0 Å². The molecule has 0 saturated heterocycles. The van der Waals surface area contributed by atoms with Gasteiger partial charge < -0.3 is 5.73 Å². The summed E-state index contributed by atoms with van der Waals surface area (Å²) in [6, 6.07) is 4.46. The molecule has 0 spiro atoms. The standard InChI is InChI=1S/C11H11F4NO/c1-10(9(16)17,6-11(13,14)15)7-3-2-4-8(12)5-7/h2-5H,6H2,1H3,(H2,16,17). The number of hydrogen-bond acceptors (Lipinski definition) is 1. The van der Waals surface area contributed by atoms with Gasteiger partial charge in [-0.15, -0.1) is 0 Å². The molecular weight excluding hydrogens is 238 g/mol. The summed E-state index contributed by atoms with van der Waals surface area (Å²) in [5.74, 6) is -1.85. The van der Waals surface area contributed by atoms with Gasteiger partial charge in [0.05, 0.1) is 11.8 Å². The van der Waals surface area contributed by atoms with E-state index in [-0.39, 0.29) is 5.56 Å². The molecule has 0 aliphatic rings. The number of alkyl halides is 3. The number of amides is 1. The Morgan fingerprint density at radius 3 is 2.35 bits per heavy atom. The van der Waals surface area contributed by atoms with Gasteiger partial charge in [-0.25, -0.2) is 4.39 Å². The molecule has 2 N–H and O–H groups in total. The quantitative estimate of drug-likeness (QED) is 0.822. The second-order valence-corrected chi connectivity index (χ2v) is 4.00. The molecule has 1 atom stereocenters. The molecule has 0 aliphatic heterocycles. The Kier molecular flexibility index (Phi) is 3.45. The molecule has 0 aliphatic carbocycles. The van der Waals surface area contributed by atoms with Gasteiger partial charge in [0.2, 0.25) is 5.91 Å². The summed E-state index contributed by atoms with van der Waals surface area (Å²) < 4.78 is 50.1. The van der Waals surface area contributed by atoms with Crippen molar-refractivity contribution in [1.82, 2.24) is 0 Å². The lowest BCUT2D eigenvalue weighted by Gasteiger charge is -2.27. The van der Waals surface area contributed by atoms with Crippen molar-refractivity contribution in [1.29, 1.82) is 0 Å². The highest BCUT2D eigenvalue weighted by atomic mass is 19.4. The van der Waals surface area contributed by atoms with Gasteiger partial charge in [0.15, 0.2) is 0 Å². The second-order valence-electron chi connectivity index (χ2n) is 4.00. The third kappa shape index (κ3) is 3.18. The third-order valence-corrected chi connectivity index (χ3v) is 2.56. The Morgan fingerprint density at radius 1 is 1.35 bits per heavy atom. The Bertz CT molecular complexity index is 430. The van der Waals surface area contributed by atoms with Gasteiger partial charge >= 0.3 is 6.18 Å². The van der Waals surface area contributed by atoms with Crippen LogP contribution in [0.15, 0.2) is 24.3 Å². The minimum atomic E-state index is -4.56. The fraction of sp³-hybridized carbons (Fsp3) is 0.364. The van der Waals surface area contributed by atoms with E-state index in [1.54, 1.807) is 0 Å². The van der Waals surface area contributed by atoms with E-state index < -0.39 is 29.7 Å². The number of primary amides is 1. The van der Waals surface area contributed by atoms with Crippen molar-refractivity contribution in [3.63, 3.8) is 0 Å². The lowest BCUT2D eigenvalue weighted by molar-refractivity contribution is -0.155. The highest BCUT2D eigenvalue weighted by Gasteiger charge is 2.44. The average Bonchev–Trinajstić information content (AvgIpc) is 2.14. The minimum absolute atomic E-state index is 0.0812. The minimum Gasteiger partial charge on any atom is -0.369 e. The lowest BCUT2D eigenvalue weighted by Crippen LogP contribution is -2.42. The van der Waals surface area contributed by atoms with E-state index in [0.29, 0.717) is 0 Å². The van der Waals surface area contributed by atoms with Crippen molar-refractivity contribution in [3.05, 3.63) is 35.6 Å². The van der Waals surface area contributed by atoms with Crippen LogP contribution in [-0.2, 0) is 10.2 Å². The Balaban J connectivity index is 3.21. The number of benzene rings is 1. The summed E-state index contributed by atoms with van der Waals surface area (Å²) >= 11 is 0. The van der Waals surface area contributed by atoms with Gasteiger partial charge in [0.25, 0.3) is 0 Å². The van der Waals surface area contributed by atoms with Gasteiger partial charge in [0.1, 0.15) is 5.82 Å². The maximum Gasteiger partial charge on any atom is 0.390 e. The Labute approximate surface area is 95.4 Å². The summed E-state index contributed by atoms with van der Waals surface area (Å²) in [5.41, 5.74) is 2.96. The number of nitrogens with two attached hydrogens (primary N) is 1. The number of rotatable bonds is 3. The number of halogens is 4. The van der Waals surface area contributed by atoms with Crippen LogP contribution in [-0.4, -0.2) is 12.1 Å². The van der Waals surface area contributed by atoms with Crippen LogP contribution in [0.1, 0.15) is 18.9 Å². The summed E-state index contributed by atoms with van der Waals surface area (Å²) in [4.78, 5) is 11.2. The molecule has 1 unspecified atom stereocenters. The zero-order valence-corrected chi connectivity index (χ0v) is 9.01. The Morgan fingerprint density at radius 2 is 1.94 bits per heavy atom. The van der Waals surface area contributed by atoms with Crippen LogP contribution < -0.4 is 5.73 Å². The van der Waals surface area contributed by atoms with Gasteiger partial charge in [0, 0.05) is 0 Å². The molecule has 94 valence electrons. The van der Waals surface area contributed by atoms with E-state index >= 15 is 0 Å². The van der Waals surface area contributed by atoms with Crippen LogP contribution in [0.4, 0.5) is 17.6 Å². The SMILES string of the molecule is CC(CC(F)(F)F)(C(N)=O)c1cccc(F)c1. The van der Waals surface area contributed by atoms with E-state index in [9.17, 15) is 22.4 Å². The molecular formula is C11H11F4NO. The molecule has 0 bridgehead atoms. The van der Waals surface area contributed by atoms with Gasteiger partial charge in [-0.3, -0.25) is 4.79 Å². The first-order valence-corrected chi connectivity index (χ1v) is 4.78. The van der Waals surface area contributed by atoms with Crippen LogP contribution in [0, 0.1) is 5.82 Å². The first-order valence-electron chi connectivity index (χ1n) is 4.78. The number of hydrogen-bond donors (Lipinski definition) is 1. The smallest absolute Gasteiger partial charge is 0.369 e. The highest BCUT2D eigenvalue weighted by Crippen LogP contribution is 2.36. The normalized spacial score (nSPS) is 15.4. The van der Waals surface area contributed by atoms with Crippen molar-refractivity contribution in [2.24, 2.45) is 5.73 Å². The lowest BCUT2D eigenvalue weighted by atomic mass is 9.78. The van der Waals surface area contributed by atoms with Crippen molar-refractivity contribution in [2.75, 3.05) is 0 Å². The monoisotopic (exact) mass is 249 g/mol. The van der Waals surface area contributed by atoms with E-state index in [0.717, 1.165) is 19.1 Å². The molecule has 0 radical (unpaired) electrons. The molecule has 0 heterocycles. The molecule has 6 heteroatoms. The van der Waals surface area contributed by atoms with Crippen molar-refractivity contribution < 1.29 is 22.4 Å². The number of carbonyl (C=O) groups is 1. The molecule has 0 saturated carbocycles. The van der Waals surface area contributed by atoms with Gasteiger partial charge in [-0.1, -0.05) is 12.1 Å². The van der Waals surface area contributed by atoms with Gasteiger partial charge in [-0.05, 0) is 24.6 Å². The van der Waals surface area contributed by atoms with Crippen LogP contribution in [0.5, 0.6) is 0 Å². The first kappa shape index (κ1) is 13.5. The van der Waals surface area contributed by atoms with Crippen molar-refractivity contribution in [2.45, 2.75) is 24.9 Å². The van der Waals surface area contributed by atoms with Crippen LogP contribution >= 0.6 is 0 Å². The van der Waals surface area contributed by atoms with Crippen LogP contribution in [0.3, 0.4) is 0 Å². The fourth-order valence-corrected chi connectivity index (χ4v) is 1.56. The third-order valence-electron chi connectivity index (χ3n) is 2.56. The first-order chi connectivity index (χ1) is 7.65. The maximum absolute atomic E-state index is 13.0. The zero-order valence-electron chi connectivity index (χ0n) is 9.01.